The van der Waals surface area contributed by atoms with Crippen LogP contribution in [0.25, 0.3) is 0 Å². The van der Waals surface area contributed by atoms with Crippen LogP contribution in [-0.4, -0.2) is 16.3 Å². The van der Waals surface area contributed by atoms with Gasteiger partial charge in [-0.3, -0.25) is 4.99 Å². The van der Waals surface area contributed by atoms with Gasteiger partial charge in [0.1, 0.15) is 5.84 Å². The van der Waals surface area contributed by atoms with E-state index < -0.39 is 0 Å². The van der Waals surface area contributed by atoms with E-state index in [1.807, 2.05) is 0 Å². The first kappa shape index (κ1) is 14.1. The van der Waals surface area contributed by atoms with E-state index in [-0.39, 0.29) is 11.0 Å². The molecule has 2 heteroatoms. The molecule has 0 N–H and O–H groups in total. The minimum atomic E-state index is -0.0947. The van der Waals surface area contributed by atoms with Crippen LogP contribution in [0.5, 0.6) is 0 Å². The third-order valence-electron chi connectivity index (χ3n) is 4.79. The maximum Gasteiger partial charge on any atom is 0.132 e. The Labute approximate surface area is 117 Å². The van der Waals surface area contributed by atoms with Crippen molar-refractivity contribution in [2.75, 3.05) is 0 Å². The van der Waals surface area contributed by atoms with Crippen LogP contribution >= 0.6 is 0 Å². The van der Waals surface area contributed by atoms with Crippen molar-refractivity contribution >= 4 is 5.84 Å². The number of fused-ring (bicyclic) bond motifs is 1. The summed E-state index contributed by atoms with van der Waals surface area (Å²) in [4.78, 5) is 7.06. The van der Waals surface area contributed by atoms with E-state index in [1.54, 1.807) is 0 Å². The summed E-state index contributed by atoms with van der Waals surface area (Å²) >= 11 is 0. The Balaban J connectivity index is 2.39. The van der Waals surface area contributed by atoms with Gasteiger partial charge >= 0.3 is 0 Å². The second-order valence-corrected chi connectivity index (χ2v) is 6.74. The van der Waals surface area contributed by atoms with E-state index in [4.69, 9.17) is 4.99 Å². The average molecular weight is 258 g/mol. The molecule has 2 heterocycles. The molecule has 0 aromatic heterocycles. The summed E-state index contributed by atoms with van der Waals surface area (Å²) in [6.07, 6.45) is 13.2. The predicted molar refractivity (Wildman–Crippen MR) is 82.9 cm³/mol. The van der Waals surface area contributed by atoms with Crippen LogP contribution in [0.3, 0.4) is 0 Å². The first-order valence-electron chi connectivity index (χ1n) is 7.23. The molecular weight excluding hydrogens is 232 g/mol. The lowest BCUT2D eigenvalue weighted by Gasteiger charge is -2.33. The fraction of sp³-hybridized carbons (Fsp3) is 0.588. The maximum absolute atomic E-state index is 4.94. The van der Waals surface area contributed by atoms with Crippen molar-refractivity contribution in [1.29, 1.82) is 0 Å². The Kier molecular flexibility index (Phi) is 3.46. The highest BCUT2D eigenvalue weighted by Crippen LogP contribution is 2.34. The second kappa shape index (κ2) is 4.66. The van der Waals surface area contributed by atoms with Crippen LogP contribution in [0.1, 0.15) is 41.5 Å². The number of hydrogen-bond donors (Lipinski definition) is 0. The SMILES string of the molecule is CC(C)C1(C)C=CC2=NC(C)(C(C)C)C=CN2C=C1. The van der Waals surface area contributed by atoms with E-state index in [9.17, 15) is 0 Å². The molecule has 0 saturated heterocycles. The molecule has 2 aliphatic rings. The summed E-state index contributed by atoms with van der Waals surface area (Å²) in [6.45, 7) is 13.4. The molecule has 19 heavy (non-hydrogen) atoms. The van der Waals surface area contributed by atoms with Crippen LogP contribution in [0.4, 0.5) is 0 Å². The third kappa shape index (κ3) is 2.54. The van der Waals surface area contributed by atoms with Crippen LogP contribution < -0.4 is 0 Å². The Morgan fingerprint density at radius 3 is 2.16 bits per heavy atom. The van der Waals surface area contributed by atoms with Gasteiger partial charge in [-0.05, 0) is 30.9 Å². The van der Waals surface area contributed by atoms with Gasteiger partial charge in [-0.2, -0.15) is 0 Å². The summed E-state index contributed by atoms with van der Waals surface area (Å²) in [5.74, 6) is 2.11. The van der Waals surface area contributed by atoms with Gasteiger partial charge in [0.25, 0.3) is 0 Å². The van der Waals surface area contributed by atoms with Gasteiger partial charge in [0.05, 0.1) is 5.54 Å². The third-order valence-corrected chi connectivity index (χ3v) is 4.79. The molecule has 2 nitrogen and oxygen atoms in total. The second-order valence-electron chi connectivity index (χ2n) is 6.74. The first-order valence-corrected chi connectivity index (χ1v) is 7.23. The normalized spacial score (nSPS) is 33.7. The number of nitrogens with zero attached hydrogens (tertiary/aromatic N) is 2. The van der Waals surface area contributed by atoms with Crippen LogP contribution in [-0.2, 0) is 0 Å². The molecule has 2 aliphatic heterocycles. The van der Waals surface area contributed by atoms with Crippen molar-refractivity contribution in [2.24, 2.45) is 22.2 Å². The van der Waals surface area contributed by atoms with Crippen molar-refractivity contribution in [3.63, 3.8) is 0 Å². The predicted octanol–water partition coefficient (Wildman–Crippen LogP) is 4.37. The van der Waals surface area contributed by atoms with Gasteiger partial charge in [-0.1, -0.05) is 46.8 Å². The molecule has 104 valence electrons. The van der Waals surface area contributed by atoms with E-state index in [1.165, 1.54) is 0 Å². The van der Waals surface area contributed by atoms with Gasteiger partial charge < -0.3 is 4.90 Å². The fourth-order valence-corrected chi connectivity index (χ4v) is 2.16. The van der Waals surface area contributed by atoms with Crippen molar-refractivity contribution in [3.05, 3.63) is 36.7 Å². The van der Waals surface area contributed by atoms with E-state index >= 15 is 0 Å². The van der Waals surface area contributed by atoms with E-state index in [0.717, 1.165) is 5.84 Å². The first-order chi connectivity index (χ1) is 8.77. The molecule has 0 bridgehead atoms. The monoisotopic (exact) mass is 258 g/mol. The van der Waals surface area contributed by atoms with E-state index in [0.29, 0.717) is 11.8 Å². The van der Waals surface area contributed by atoms with Crippen molar-refractivity contribution in [2.45, 2.75) is 47.1 Å². The minimum absolute atomic E-state index is 0.0947. The smallest absolute Gasteiger partial charge is 0.132 e. The van der Waals surface area contributed by atoms with Gasteiger partial charge in [-0.25, -0.2) is 0 Å². The van der Waals surface area contributed by atoms with E-state index in [2.05, 4.69) is 83.1 Å². The Hall–Kier alpha value is -1.31. The topological polar surface area (TPSA) is 15.6 Å². The van der Waals surface area contributed by atoms with Gasteiger partial charge in [0.15, 0.2) is 0 Å². The zero-order valence-electron chi connectivity index (χ0n) is 13.0. The number of hydrogen-bond acceptors (Lipinski definition) is 2. The largest absolute Gasteiger partial charge is 0.309 e. The number of allylic oxidation sites excluding steroid dienone is 2. The highest BCUT2D eigenvalue weighted by atomic mass is 15.2. The van der Waals surface area contributed by atoms with Crippen LogP contribution in [0.15, 0.2) is 41.7 Å². The standard InChI is InChI=1S/C17H26N2/c1-13(2)16(5)8-7-15-18-17(6,14(3)4)10-12-19(15)11-9-16/h7-14H,1-6H3. The minimum Gasteiger partial charge on any atom is -0.309 e. The summed E-state index contributed by atoms with van der Waals surface area (Å²) in [5, 5.41) is 0. The van der Waals surface area contributed by atoms with Crippen LogP contribution in [0.2, 0.25) is 0 Å². The van der Waals surface area contributed by atoms with Gasteiger partial charge in [-0.15, -0.1) is 0 Å². The van der Waals surface area contributed by atoms with Crippen LogP contribution in [0, 0.1) is 17.3 Å². The Morgan fingerprint density at radius 2 is 1.58 bits per heavy atom. The number of amidine groups is 1. The Bertz CT molecular complexity index is 460. The lowest BCUT2D eigenvalue weighted by Crippen LogP contribution is -2.35. The molecule has 2 rings (SSSR count). The summed E-state index contributed by atoms with van der Waals surface area (Å²) in [5.41, 5.74) is 0.00448. The summed E-state index contributed by atoms with van der Waals surface area (Å²) in [7, 11) is 0. The molecule has 0 aromatic rings. The molecule has 2 atom stereocenters. The Morgan fingerprint density at radius 1 is 0.947 bits per heavy atom. The molecule has 0 spiro atoms. The van der Waals surface area contributed by atoms with Gasteiger partial charge in [0.2, 0.25) is 0 Å². The molecule has 0 radical (unpaired) electrons. The maximum atomic E-state index is 4.94. The lowest BCUT2D eigenvalue weighted by atomic mass is 9.79. The molecule has 0 fully saturated rings. The fourth-order valence-electron chi connectivity index (χ4n) is 2.16. The van der Waals surface area contributed by atoms with Gasteiger partial charge in [0, 0.05) is 17.8 Å². The quantitative estimate of drug-likeness (QED) is 0.718. The molecule has 0 aliphatic carbocycles. The highest BCUT2D eigenvalue weighted by Gasteiger charge is 2.31. The summed E-state index contributed by atoms with van der Waals surface area (Å²) in [6, 6.07) is 0. The highest BCUT2D eigenvalue weighted by molar-refractivity contribution is 5.96. The van der Waals surface area contributed by atoms with Crippen molar-refractivity contribution in [3.8, 4) is 0 Å². The summed E-state index contributed by atoms with van der Waals surface area (Å²) < 4.78 is 0. The number of rotatable bonds is 2. The molecular formula is C17H26N2. The van der Waals surface area contributed by atoms with Crippen molar-refractivity contribution in [1.82, 2.24) is 4.90 Å². The average Bonchev–Trinajstić information content (AvgIpc) is 2.50. The molecule has 0 saturated carbocycles. The molecule has 2 unspecified atom stereocenters. The molecule has 0 amide bonds. The lowest BCUT2D eigenvalue weighted by molar-refractivity contribution is 0.381. The van der Waals surface area contributed by atoms with Crippen molar-refractivity contribution < 1.29 is 0 Å². The number of aliphatic imine (C=N–C) groups is 1. The zero-order valence-corrected chi connectivity index (χ0v) is 13.0. The zero-order chi connectivity index (χ0) is 14.3. The molecule has 0 aromatic carbocycles.